The largest absolute Gasteiger partial charge is 0.393 e. The van der Waals surface area contributed by atoms with Crippen LogP contribution in [0.15, 0.2) is 0 Å². The summed E-state index contributed by atoms with van der Waals surface area (Å²) < 4.78 is 0. The maximum atomic E-state index is 9.52. The van der Waals surface area contributed by atoms with Gasteiger partial charge in [0.25, 0.3) is 0 Å². The van der Waals surface area contributed by atoms with Crippen LogP contribution in [0, 0.1) is 5.92 Å². The Morgan fingerprint density at radius 2 is 2.13 bits per heavy atom. The Morgan fingerprint density at radius 3 is 2.80 bits per heavy atom. The molecule has 0 aromatic heterocycles. The summed E-state index contributed by atoms with van der Waals surface area (Å²) in [5.74, 6) is 0.702. The fourth-order valence-corrected chi connectivity index (χ4v) is 2.27. The van der Waals surface area contributed by atoms with Gasteiger partial charge in [-0.25, -0.2) is 0 Å². The van der Waals surface area contributed by atoms with Gasteiger partial charge in [-0.1, -0.05) is 6.42 Å². The Labute approximate surface area is 93.9 Å². The summed E-state index contributed by atoms with van der Waals surface area (Å²) in [6.45, 7) is 3.34. The molecule has 0 aliphatic heterocycles. The summed E-state index contributed by atoms with van der Waals surface area (Å²) >= 11 is 0. The van der Waals surface area contributed by atoms with Gasteiger partial charge in [0.15, 0.2) is 0 Å². The number of nitrogens with one attached hydrogen (secondary N) is 1. The zero-order chi connectivity index (χ0) is 11.1. The van der Waals surface area contributed by atoms with E-state index in [1.165, 1.54) is 19.3 Å². The van der Waals surface area contributed by atoms with E-state index in [2.05, 4.69) is 24.3 Å². The standard InChI is InChI=1S/C12H26N2O/c1-14(2)8-4-7-13-10-11-5-3-6-12(15)9-11/h11-13,15H,3-10H2,1-2H3. The van der Waals surface area contributed by atoms with E-state index >= 15 is 0 Å². The third kappa shape index (κ3) is 6.13. The van der Waals surface area contributed by atoms with Crippen LogP contribution >= 0.6 is 0 Å². The smallest absolute Gasteiger partial charge is 0.0543 e. The third-order valence-electron chi connectivity index (χ3n) is 3.15. The predicted octanol–water partition coefficient (Wildman–Crippen LogP) is 1.08. The monoisotopic (exact) mass is 214 g/mol. The maximum Gasteiger partial charge on any atom is 0.0543 e. The molecule has 0 spiro atoms. The van der Waals surface area contributed by atoms with Gasteiger partial charge in [0, 0.05) is 0 Å². The average molecular weight is 214 g/mol. The van der Waals surface area contributed by atoms with Crippen molar-refractivity contribution < 1.29 is 5.11 Å². The first kappa shape index (κ1) is 12.9. The molecule has 90 valence electrons. The van der Waals surface area contributed by atoms with E-state index in [1.807, 2.05) is 0 Å². The summed E-state index contributed by atoms with van der Waals surface area (Å²) in [4.78, 5) is 2.21. The molecule has 0 aromatic rings. The van der Waals surface area contributed by atoms with Crippen molar-refractivity contribution in [1.82, 2.24) is 10.2 Å². The van der Waals surface area contributed by atoms with Gasteiger partial charge >= 0.3 is 0 Å². The molecule has 0 heterocycles. The molecule has 1 fully saturated rings. The topological polar surface area (TPSA) is 35.5 Å². The fraction of sp³-hybridized carbons (Fsp3) is 1.00. The minimum Gasteiger partial charge on any atom is -0.393 e. The second-order valence-corrected chi connectivity index (χ2v) is 5.05. The molecule has 15 heavy (non-hydrogen) atoms. The molecule has 2 atom stereocenters. The van der Waals surface area contributed by atoms with E-state index in [4.69, 9.17) is 0 Å². The molecule has 0 saturated heterocycles. The molecule has 0 aromatic carbocycles. The second kappa shape index (κ2) is 7.20. The van der Waals surface area contributed by atoms with Crippen LogP contribution in [0.4, 0.5) is 0 Å². The molecule has 0 radical (unpaired) electrons. The summed E-state index contributed by atoms with van der Waals surface area (Å²) in [5, 5.41) is 13.0. The number of aliphatic hydroxyl groups excluding tert-OH is 1. The van der Waals surface area contributed by atoms with Crippen molar-refractivity contribution >= 4 is 0 Å². The van der Waals surface area contributed by atoms with Crippen molar-refractivity contribution in [3.05, 3.63) is 0 Å². The summed E-state index contributed by atoms with van der Waals surface area (Å²) in [6.07, 6.45) is 5.68. The van der Waals surface area contributed by atoms with Crippen molar-refractivity contribution in [3.63, 3.8) is 0 Å². The highest BCUT2D eigenvalue weighted by Gasteiger charge is 2.19. The fourth-order valence-electron chi connectivity index (χ4n) is 2.27. The molecule has 2 N–H and O–H groups in total. The first-order valence-corrected chi connectivity index (χ1v) is 6.22. The van der Waals surface area contributed by atoms with Crippen LogP contribution in [0.25, 0.3) is 0 Å². The Bertz CT molecular complexity index is 162. The highest BCUT2D eigenvalue weighted by Crippen LogP contribution is 2.23. The molecule has 1 rings (SSSR count). The first-order chi connectivity index (χ1) is 7.18. The van der Waals surface area contributed by atoms with Gasteiger partial charge in [-0.3, -0.25) is 0 Å². The van der Waals surface area contributed by atoms with Crippen LogP contribution < -0.4 is 5.32 Å². The minimum atomic E-state index is -0.0349. The SMILES string of the molecule is CN(C)CCCNCC1CCCC(O)C1. The third-order valence-corrected chi connectivity index (χ3v) is 3.15. The number of rotatable bonds is 6. The predicted molar refractivity (Wildman–Crippen MR) is 64.0 cm³/mol. The molecule has 2 unspecified atom stereocenters. The van der Waals surface area contributed by atoms with E-state index in [1.54, 1.807) is 0 Å². The van der Waals surface area contributed by atoms with Crippen LogP contribution in [0.2, 0.25) is 0 Å². The van der Waals surface area contributed by atoms with Gasteiger partial charge in [0.2, 0.25) is 0 Å². The van der Waals surface area contributed by atoms with Crippen molar-refractivity contribution in [2.45, 2.75) is 38.2 Å². The molecular formula is C12H26N2O. The number of aliphatic hydroxyl groups is 1. The van der Waals surface area contributed by atoms with Gasteiger partial charge in [-0.2, -0.15) is 0 Å². The lowest BCUT2D eigenvalue weighted by Crippen LogP contribution is -2.30. The normalized spacial score (nSPS) is 27.2. The van der Waals surface area contributed by atoms with E-state index < -0.39 is 0 Å². The van der Waals surface area contributed by atoms with Crippen LogP contribution in [-0.2, 0) is 0 Å². The van der Waals surface area contributed by atoms with E-state index in [9.17, 15) is 5.11 Å². The number of hydrogen-bond donors (Lipinski definition) is 2. The van der Waals surface area contributed by atoms with Crippen molar-refractivity contribution in [1.29, 1.82) is 0 Å². The lowest BCUT2D eigenvalue weighted by Gasteiger charge is -2.26. The van der Waals surface area contributed by atoms with E-state index in [0.717, 1.165) is 32.5 Å². The maximum absolute atomic E-state index is 9.52. The Morgan fingerprint density at radius 1 is 1.33 bits per heavy atom. The van der Waals surface area contributed by atoms with Gasteiger partial charge in [0.1, 0.15) is 0 Å². The van der Waals surface area contributed by atoms with Gasteiger partial charge in [-0.15, -0.1) is 0 Å². The van der Waals surface area contributed by atoms with Crippen molar-refractivity contribution in [2.75, 3.05) is 33.7 Å². The average Bonchev–Trinajstić information content (AvgIpc) is 2.17. The van der Waals surface area contributed by atoms with E-state index in [0.29, 0.717) is 5.92 Å². The molecule has 3 nitrogen and oxygen atoms in total. The number of nitrogens with zero attached hydrogens (tertiary/aromatic N) is 1. The van der Waals surface area contributed by atoms with E-state index in [-0.39, 0.29) is 6.10 Å². The summed E-state index contributed by atoms with van der Waals surface area (Å²) in [7, 11) is 4.22. The lowest BCUT2D eigenvalue weighted by atomic mass is 9.87. The molecule has 1 aliphatic rings. The lowest BCUT2D eigenvalue weighted by molar-refractivity contribution is 0.101. The second-order valence-electron chi connectivity index (χ2n) is 5.05. The van der Waals surface area contributed by atoms with Gasteiger partial charge < -0.3 is 15.3 Å². The highest BCUT2D eigenvalue weighted by molar-refractivity contribution is 4.73. The molecule has 0 amide bonds. The van der Waals surface area contributed by atoms with Crippen LogP contribution in [-0.4, -0.2) is 49.8 Å². The van der Waals surface area contributed by atoms with Crippen molar-refractivity contribution in [3.8, 4) is 0 Å². The Balaban J connectivity index is 1.95. The number of hydrogen-bond acceptors (Lipinski definition) is 3. The molecule has 1 saturated carbocycles. The molecule has 1 aliphatic carbocycles. The Kier molecular flexibility index (Phi) is 6.22. The highest BCUT2D eigenvalue weighted by atomic mass is 16.3. The molecular weight excluding hydrogens is 188 g/mol. The Hall–Kier alpha value is -0.120. The van der Waals surface area contributed by atoms with Crippen LogP contribution in [0.3, 0.4) is 0 Å². The molecule has 3 heteroatoms. The van der Waals surface area contributed by atoms with Gasteiger partial charge in [-0.05, 0) is 65.3 Å². The zero-order valence-corrected chi connectivity index (χ0v) is 10.2. The minimum absolute atomic E-state index is 0.0349. The van der Waals surface area contributed by atoms with Crippen molar-refractivity contribution in [2.24, 2.45) is 5.92 Å². The van der Waals surface area contributed by atoms with Crippen LogP contribution in [0.5, 0.6) is 0 Å². The summed E-state index contributed by atoms with van der Waals surface area (Å²) in [6, 6.07) is 0. The summed E-state index contributed by atoms with van der Waals surface area (Å²) in [5.41, 5.74) is 0. The quantitative estimate of drug-likeness (QED) is 0.650. The molecule has 0 bridgehead atoms. The van der Waals surface area contributed by atoms with Gasteiger partial charge in [0.05, 0.1) is 6.10 Å². The van der Waals surface area contributed by atoms with Crippen LogP contribution in [0.1, 0.15) is 32.1 Å². The zero-order valence-electron chi connectivity index (χ0n) is 10.2. The first-order valence-electron chi connectivity index (χ1n) is 6.22.